The van der Waals surface area contributed by atoms with Crippen LogP contribution in [-0.2, 0) is 0 Å². The lowest BCUT2D eigenvalue weighted by molar-refractivity contribution is 0.0715. The van der Waals surface area contributed by atoms with Crippen molar-refractivity contribution in [2.24, 2.45) is 0 Å². The summed E-state index contributed by atoms with van der Waals surface area (Å²) in [6.07, 6.45) is 1.49. The molecule has 0 unspecified atom stereocenters. The molecule has 0 saturated carbocycles. The van der Waals surface area contributed by atoms with E-state index in [1.54, 1.807) is 41.0 Å². The van der Waals surface area contributed by atoms with Crippen LogP contribution in [-0.4, -0.2) is 69.1 Å². The highest BCUT2D eigenvalue weighted by Crippen LogP contribution is 2.25. The Labute approximate surface area is 204 Å². The molecule has 0 atom stereocenters. The maximum absolute atomic E-state index is 13.1. The third-order valence-electron chi connectivity index (χ3n) is 6.23. The Kier molecular flexibility index (Phi) is 5.29. The average Bonchev–Trinajstić information content (AvgIpc) is 3.37. The van der Waals surface area contributed by atoms with Crippen LogP contribution in [0, 0.1) is 0 Å². The summed E-state index contributed by atoms with van der Waals surface area (Å²) in [5.41, 5.74) is 2.08. The highest BCUT2D eigenvalue weighted by Gasteiger charge is 2.27. The average molecular weight is 483 g/mol. The molecule has 11 nitrogen and oxygen atoms in total. The van der Waals surface area contributed by atoms with Crippen LogP contribution in [0.2, 0.25) is 0 Å². The van der Waals surface area contributed by atoms with E-state index in [2.05, 4.69) is 25.2 Å². The van der Waals surface area contributed by atoms with E-state index in [4.69, 9.17) is 9.15 Å². The van der Waals surface area contributed by atoms with Crippen LogP contribution in [0.15, 0.2) is 70.1 Å². The van der Waals surface area contributed by atoms with Gasteiger partial charge in [0, 0.05) is 38.3 Å². The molecule has 1 fully saturated rings. The molecule has 5 aromatic rings. The fraction of sp³-hybridized carbons (Fsp3) is 0.200. The Balaban J connectivity index is 1.23. The molecule has 1 aliphatic rings. The Bertz CT molecular complexity index is 1650. The Hall–Kier alpha value is -4.80. The number of anilines is 1. The molecule has 36 heavy (non-hydrogen) atoms. The molecule has 11 heteroatoms. The van der Waals surface area contributed by atoms with Crippen molar-refractivity contribution >= 4 is 33.9 Å². The summed E-state index contributed by atoms with van der Waals surface area (Å²) in [7, 11) is 1.61. The van der Waals surface area contributed by atoms with E-state index in [9.17, 15) is 9.59 Å². The standard InChI is InChI=1S/C25H21N7O4/c1-35-17-6-4-5-16(13-17)32-24-22(28-29-32)23(26-15-27-24)30-9-11-31(12-10-30)25(34)21-14-19(33)18-7-2-3-8-20(18)36-21/h2-8,13-15H,9-12H2,1H3. The lowest BCUT2D eigenvalue weighted by atomic mass is 10.2. The van der Waals surface area contributed by atoms with E-state index in [1.807, 2.05) is 24.3 Å². The number of fused-ring (bicyclic) bond motifs is 2. The molecule has 1 amide bonds. The lowest BCUT2D eigenvalue weighted by Gasteiger charge is -2.35. The molecular formula is C25H21N7O4. The van der Waals surface area contributed by atoms with Gasteiger partial charge in [-0.3, -0.25) is 9.59 Å². The minimum atomic E-state index is -0.311. The number of carbonyl (C=O) groups excluding carboxylic acids is 1. The molecule has 0 N–H and O–H groups in total. The van der Waals surface area contributed by atoms with Gasteiger partial charge in [-0.1, -0.05) is 23.4 Å². The smallest absolute Gasteiger partial charge is 0.289 e. The van der Waals surface area contributed by atoms with Gasteiger partial charge in [-0.2, -0.15) is 4.68 Å². The molecule has 0 aliphatic carbocycles. The van der Waals surface area contributed by atoms with Gasteiger partial charge in [0.1, 0.15) is 17.7 Å². The van der Waals surface area contributed by atoms with Crippen LogP contribution in [0.3, 0.4) is 0 Å². The number of hydrogen-bond acceptors (Lipinski definition) is 9. The molecule has 0 bridgehead atoms. The van der Waals surface area contributed by atoms with Gasteiger partial charge in [-0.25, -0.2) is 9.97 Å². The highest BCUT2D eigenvalue weighted by atomic mass is 16.5. The predicted octanol–water partition coefficient (Wildman–Crippen LogP) is 2.29. The third kappa shape index (κ3) is 3.70. The molecule has 2 aromatic carbocycles. The predicted molar refractivity (Wildman–Crippen MR) is 132 cm³/mol. The summed E-state index contributed by atoms with van der Waals surface area (Å²) in [5.74, 6) is 1.08. The van der Waals surface area contributed by atoms with Gasteiger partial charge in [0.05, 0.1) is 18.2 Å². The first-order valence-corrected chi connectivity index (χ1v) is 11.4. The number of nitrogens with zero attached hydrogens (tertiary/aromatic N) is 7. The summed E-state index contributed by atoms with van der Waals surface area (Å²) < 4.78 is 12.7. The fourth-order valence-electron chi connectivity index (χ4n) is 4.37. The summed E-state index contributed by atoms with van der Waals surface area (Å²) in [4.78, 5) is 38.1. The molecule has 180 valence electrons. The van der Waals surface area contributed by atoms with Crippen LogP contribution in [0.5, 0.6) is 5.75 Å². The van der Waals surface area contributed by atoms with E-state index in [-0.39, 0.29) is 17.1 Å². The third-order valence-corrected chi connectivity index (χ3v) is 6.23. The minimum absolute atomic E-state index is 0.0396. The van der Waals surface area contributed by atoms with Gasteiger partial charge in [-0.05, 0) is 24.3 Å². The van der Waals surface area contributed by atoms with Gasteiger partial charge >= 0.3 is 0 Å². The van der Waals surface area contributed by atoms with E-state index < -0.39 is 0 Å². The zero-order valence-electron chi connectivity index (χ0n) is 19.4. The second-order valence-electron chi connectivity index (χ2n) is 8.32. The van der Waals surface area contributed by atoms with Crippen molar-refractivity contribution in [1.82, 2.24) is 29.9 Å². The second kappa shape index (κ2) is 8.77. The van der Waals surface area contributed by atoms with E-state index >= 15 is 0 Å². The number of aromatic nitrogens is 5. The summed E-state index contributed by atoms with van der Waals surface area (Å²) in [6.45, 7) is 1.93. The molecule has 1 aliphatic heterocycles. The van der Waals surface area contributed by atoms with Gasteiger partial charge in [-0.15, -0.1) is 5.10 Å². The first-order valence-electron chi connectivity index (χ1n) is 11.4. The monoisotopic (exact) mass is 483 g/mol. The van der Waals surface area contributed by atoms with E-state index in [1.165, 1.54) is 12.4 Å². The van der Waals surface area contributed by atoms with E-state index in [0.29, 0.717) is 59.9 Å². The number of rotatable bonds is 4. The van der Waals surface area contributed by atoms with Crippen LogP contribution >= 0.6 is 0 Å². The largest absolute Gasteiger partial charge is 0.497 e. The van der Waals surface area contributed by atoms with Crippen LogP contribution in [0.1, 0.15) is 10.6 Å². The van der Waals surface area contributed by atoms with Crippen molar-refractivity contribution in [2.45, 2.75) is 0 Å². The van der Waals surface area contributed by atoms with Gasteiger partial charge in [0.25, 0.3) is 5.91 Å². The van der Waals surface area contributed by atoms with Gasteiger partial charge in [0.15, 0.2) is 28.2 Å². The number of ether oxygens (including phenoxy) is 1. The number of benzene rings is 2. The zero-order chi connectivity index (χ0) is 24.6. The van der Waals surface area contributed by atoms with Crippen molar-refractivity contribution in [1.29, 1.82) is 0 Å². The van der Waals surface area contributed by atoms with Crippen LogP contribution in [0.4, 0.5) is 5.82 Å². The topological polar surface area (TPSA) is 119 Å². The minimum Gasteiger partial charge on any atom is -0.497 e. The second-order valence-corrected chi connectivity index (χ2v) is 8.32. The molecule has 1 saturated heterocycles. The summed E-state index contributed by atoms with van der Waals surface area (Å²) in [6, 6.07) is 15.6. The summed E-state index contributed by atoms with van der Waals surface area (Å²) in [5, 5.41) is 9.08. The summed E-state index contributed by atoms with van der Waals surface area (Å²) >= 11 is 0. The van der Waals surface area contributed by atoms with Crippen molar-refractivity contribution in [3.63, 3.8) is 0 Å². The maximum Gasteiger partial charge on any atom is 0.289 e. The first kappa shape index (κ1) is 21.7. The number of amides is 1. The first-order chi connectivity index (χ1) is 17.6. The number of hydrogen-bond donors (Lipinski definition) is 0. The highest BCUT2D eigenvalue weighted by molar-refractivity contribution is 5.93. The van der Waals surface area contributed by atoms with Gasteiger partial charge in [0.2, 0.25) is 0 Å². The Morgan fingerprint density at radius 1 is 1.00 bits per heavy atom. The maximum atomic E-state index is 13.1. The normalized spacial score (nSPS) is 13.9. The SMILES string of the molecule is COc1cccc(-n2nnc3c(N4CCN(C(=O)c5cc(=O)c6ccccc6o5)CC4)ncnc32)c1. The number of para-hydroxylation sites is 1. The Morgan fingerprint density at radius 2 is 1.83 bits per heavy atom. The molecule has 0 radical (unpaired) electrons. The van der Waals surface area contributed by atoms with Crippen molar-refractivity contribution in [3.8, 4) is 11.4 Å². The van der Waals surface area contributed by atoms with Gasteiger partial charge < -0.3 is 19.0 Å². The fourth-order valence-corrected chi connectivity index (χ4v) is 4.37. The molecular weight excluding hydrogens is 462 g/mol. The van der Waals surface area contributed by atoms with E-state index in [0.717, 1.165) is 5.69 Å². The zero-order valence-corrected chi connectivity index (χ0v) is 19.4. The Morgan fingerprint density at radius 3 is 2.67 bits per heavy atom. The quantitative estimate of drug-likeness (QED) is 0.379. The molecule has 0 spiro atoms. The van der Waals surface area contributed by atoms with Crippen molar-refractivity contribution in [2.75, 3.05) is 38.2 Å². The number of piperazine rings is 1. The van der Waals surface area contributed by atoms with Crippen LogP contribution in [0.25, 0.3) is 27.8 Å². The number of methoxy groups -OCH3 is 1. The molecule has 4 heterocycles. The lowest BCUT2D eigenvalue weighted by Crippen LogP contribution is -2.49. The van der Waals surface area contributed by atoms with Crippen molar-refractivity contribution in [3.05, 3.63) is 76.9 Å². The van der Waals surface area contributed by atoms with Crippen molar-refractivity contribution < 1.29 is 13.9 Å². The molecule has 3 aromatic heterocycles. The van der Waals surface area contributed by atoms with Crippen LogP contribution < -0.4 is 15.1 Å². The number of carbonyl (C=O) groups is 1. The molecule has 6 rings (SSSR count).